The molecule has 0 aliphatic heterocycles. The fourth-order valence-electron chi connectivity index (χ4n) is 1.29. The van der Waals surface area contributed by atoms with E-state index >= 15 is 0 Å². The van der Waals surface area contributed by atoms with E-state index in [4.69, 9.17) is 9.84 Å². The lowest BCUT2D eigenvalue weighted by atomic mass is 10.1. The van der Waals surface area contributed by atoms with Crippen molar-refractivity contribution in [2.75, 3.05) is 7.11 Å². The monoisotopic (exact) mass is 253 g/mol. The van der Waals surface area contributed by atoms with E-state index in [1.54, 1.807) is 0 Å². The van der Waals surface area contributed by atoms with Gasteiger partial charge in [0.25, 0.3) is 0 Å². The number of carbonyl (C=O) groups excluding carboxylic acids is 1. The lowest BCUT2D eigenvalue weighted by Crippen LogP contribution is -2.24. The van der Waals surface area contributed by atoms with Crippen molar-refractivity contribution in [3.63, 3.8) is 0 Å². The Kier molecular flexibility index (Phi) is 4.42. The molecular formula is C12H12FNO4. The van der Waals surface area contributed by atoms with Gasteiger partial charge in [0.2, 0.25) is 5.91 Å². The molecule has 1 aromatic carbocycles. The summed E-state index contributed by atoms with van der Waals surface area (Å²) in [4.78, 5) is 21.7. The lowest BCUT2D eigenvalue weighted by Gasteiger charge is -2.06. The van der Waals surface area contributed by atoms with Crippen molar-refractivity contribution < 1.29 is 23.8 Å². The predicted molar refractivity (Wildman–Crippen MR) is 62.4 cm³/mol. The third kappa shape index (κ3) is 3.31. The number of carboxylic acid groups (broad SMARTS) is 1. The van der Waals surface area contributed by atoms with Crippen molar-refractivity contribution in [3.05, 3.63) is 35.3 Å². The molecule has 0 saturated carbocycles. The average Bonchev–Trinajstić information content (AvgIpc) is 2.30. The third-order valence-electron chi connectivity index (χ3n) is 2.05. The second-order valence-corrected chi connectivity index (χ2v) is 3.41. The van der Waals surface area contributed by atoms with Crippen LogP contribution in [0.1, 0.15) is 12.5 Å². The molecule has 0 heterocycles. The van der Waals surface area contributed by atoms with Gasteiger partial charge in [0, 0.05) is 12.5 Å². The molecule has 0 radical (unpaired) electrons. The van der Waals surface area contributed by atoms with Gasteiger partial charge in [0.15, 0.2) is 11.6 Å². The zero-order chi connectivity index (χ0) is 13.7. The lowest BCUT2D eigenvalue weighted by molar-refractivity contribution is -0.134. The molecule has 0 bridgehead atoms. The zero-order valence-electron chi connectivity index (χ0n) is 9.86. The number of amides is 1. The van der Waals surface area contributed by atoms with Crippen LogP contribution in [0.4, 0.5) is 4.39 Å². The Morgan fingerprint density at radius 1 is 1.44 bits per heavy atom. The quantitative estimate of drug-likeness (QED) is 0.795. The van der Waals surface area contributed by atoms with Crippen LogP contribution in [-0.4, -0.2) is 24.1 Å². The van der Waals surface area contributed by atoms with Gasteiger partial charge in [0.05, 0.1) is 7.11 Å². The third-order valence-corrected chi connectivity index (χ3v) is 2.05. The van der Waals surface area contributed by atoms with E-state index in [0.29, 0.717) is 0 Å². The molecule has 2 N–H and O–H groups in total. The number of carbonyl (C=O) groups is 2. The number of carboxylic acids is 1. The minimum absolute atomic E-state index is 0.00341. The van der Waals surface area contributed by atoms with Gasteiger partial charge in [-0.1, -0.05) is 12.1 Å². The number of aliphatic carboxylic acids is 1. The zero-order valence-corrected chi connectivity index (χ0v) is 9.86. The highest BCUT2D eigenvalue weighted by molar-refractivity contribution is 5.96. The van der Waals surface area contributed by atoms with Crippen LogP contribution in [0.15, 0.2) is 23.9 Å². The first-order chi connectivity index (χ1) is 8.45. The summed E-state index contributed by atoms with van der Waals surface area (Å²) in [6.07, 6.45) is 1.03. The SMILES string of the molecule is COc1cccc(/C=C(/NC(C)=O)C(=O)O)c1F. The number of nitrogens with one attached hydrogen (secondary N) is 1. The van der Waals surface area contributed by atoms with Crippen LogP contribution in [0.2, 0.25) is 0 Å². The number of ether oxygens (including phenoxy) is 1. The van der Waals surface area contributed by atoms with Crippen molar-refractivity contribution in [2.45, 2.75) is 6.92 Å². The van der Waals surface area contributed by atoms with E-state index in [9.17, 15) is 14.0 Å². The Balaban J connectivity index is 3.19. The molecule has 0 aliphatic carbocycles. The largest absolute Gasteiger partial charge is 0.494 e. The van der Waals surface area contributed by atoms with E-state index in [1.165, 1.54) is 32.2 Å². The molecule has 0 atom stereocenters. The highest BCUT2D eigenvalue weighted by Crippen LogP contribution is 2.21. The molecule has 0 aliphatic rings. The summed E-state index contributed by atoms with van der Waals surface area (Å²) in [5.41, 5.74) is -0.393. The highest BCUT2D eigenvalue weighted by atomic mass is 19.1. The summed E-state index contributed by atoms with van der Waals surface area (Å²) in [5.74, 6) is -2.60. The molecule has 0 unspecified atom stereocenters. The van der Waals surface area contributed by atoms with Crippen LogP contribution in [0.3, 0.4) is 0 Å². The molecule has 5 nitrogen and oxygen atoms in total. The van der Waals surface area contributed by atoms with Gasteiger partial charge >= 0.3 is 5.97 Å². The molecule has 1 amide bonds. The molecule has 6 heteroatoms. The van der Waals surface area contributed by atoms with Crippen LogP contribution in [-0.2, 0) is 9.59 Å². The van der Waals surface area contributed by atoms with Gasteiger partial charge in [-0.2, -0.15) is 0 Å². The summed E-state index contributed by atoms with van der Waals surface area (Å²) in [5, 5.41) is 11.0. The summed E-state index contributed by atoms with van der Waals surface area (Å²) in [7, 11) is 1.30. The normalized spacial score (nSPS) is 10.9. The molecule has 0 spiro atoms. The number of hydrogen-bond acceptors (Lipinski definition) is 3. The Bertz CT molecular complexity index is 511. The first-order valence-electron chi connectivity index (χ1n) is 5.00. The van der Waals surface area contributed by atoms with Crippen LogP contribution in [0, 0.1) is 5.82 Å². The molecule has 1 rings (SSSR count). The smallest absolute Gasteiger partial charge is 0.352 e. The number of hydrogen-bond donors (Lipinski definition) is 2. The van der Waals surface area contributed by atoms with E-state index < -0.39 is 23.4 Å². The first-order valence-corrected chi connectivity index (χ1v) is 5.00. The van der Waals surface area contributed by atoms with Crippen molar-refractivity contribution >= 4 is 18.0 Å². The van der Waals surface area contributed by atoms with E-state index in [2.05, 4.69) is 5.32 Å². The summed E-state index contributed by atoms with van der Waals surface area (Å²) in [6.45, 7) is 1.17. The topological polar surface area (TPSA) is 75.6 Å². The summed E-state index contributed by atoms with van der Waals surface area (Å²) in [6, 6.07) is 4.30. The van der Waals surface area contributed by atoms with Crippen LogP contribution < -0.4 is 10.1 Å². The highest BCUT2D eigenvalue weighted by Gasteiger charge is 2.12. The van der Waals surface area contributed by atoms with Gasteiger partial charge in [-0.25, -0.2) is 9.18 Å². The first kappa shape index (κ1) is 13.7. The summed E-state index contributed by atoms with van der Waals surface area (Å²) < 4.78 is 18.5. The Hall–Kier alpha value is -2.37. The Morgan fingerprint density at radius 2 is 2.11 bits per heavy atom. The average molecular weight is 253 g/mol. The predicted octanol–water partition coefficient (Wildman–Crippen LogP) is 1.40. The Labute approximate surface area is 103 Å². The number of halogens is 1. The second-order valence-electron chi connectivity index (χ2n) is 3.41. The standard InChI is InChI=1S/C12H12FNO4/c1-7(15)14-9(12(16)17)6-8-4-3-5-10(18-2)11(8)13/h3-6H,1-2H3,(H,14,15)(H,16,17)/b9-6+. The van der Waals surface area contributed by atoms with Gasteiger partial charge in [-0.3, -0.25) is 4.79 Å². The summed E-state index contributed by atoms with van der Waals surface area (Å²) >= 11 is 0. The van der Waals surface area contributed by atoms with Gasteiger partial charge < -0.3 is 15.2 Å². The fraction of sp³-hybridized carbons (Fsp3) is 0.167. The molecule has 0 saturated heterocycles. The molecule has 96 valence electrons. The van der Waals surface area contributed by atoms with Crippen LogP contribution in [0.5, 0.6) is 5.75 Å². The van der Waals surface area contributed by atoms with Crippen molar-refractivity contribution in [3.8, 4) is 5.75 Å². The molecule has 18 heavy (non-hydrogen) atoms. The van der Waals surface area contributed by atoms with E-state index in [0.717, 1.165) is 6.08 Å². The molecule has 1 aromatic rings. The van der Waals surface area contributed by atoms with Crippen molar-refractivity contribution in [2.24, 2.45) is 0 Å². The molecule has 0 fully saturated rings. The van der Waals surface area contributed by atoms with Crippen molar-refractivity contribution in [1.29, 1.82) is 0 Å². The molecular weight excluding hydrogens is 241 g/mol. The van der Waals surface area contributed by atoms with E-state index in [1.807, 2.05) is 0 Å². The van der Waals surface area contributed by atoms with Gasteiger partial charge in [0.1, 0.15) is 5.70 Å². The van der Waals surface area contributed by atoms with Crippen LogP contribution in [0.25, 0.3) is 6.08 Å². The maximum absolute atomic E-state index is 13.8. The second kappa shape index (κ2) is 5.81. The molecule has 0 aromatic heterocycles. The van der Waals surface area contributed by atoms with E-state index in [-0.39, 0.29) is 11.3 Å². The van der Waals surface area contributed by atoms with Gasteiger partial charge in [-0.15, -0.1) is 0 Å². The van der Waals surface area contributed by atoms with Gasteiger partial charge in [-0.05, 0) is 12.1 Å². The fourth-order valence-corrected chi connectivity index (χ4v) is 1.29. The number of rotatable bonds is 4. The maximum Gasteiger partial charge on any atom is 0.352 e. The van der Waals surface area contributed by atoms with Crippen LogP contribution >= 0.6 is 0 Å². The van der Waals surface area contributed by atoms with Crippen molar-refractivity contribution in [1.82, 2.24) is 5.32 Å². The maximum atomic E-state index is 13.8. The number of benzene rings is 1. The minimum Gasteiger partial charge on any atom is -0.494 e. The number of methoxy groups -OCH3 is 1. The minimum atomic E-state index is -1.35. The Morgan fingerprint density at radius 3 is 2.61 bits per heavy atom.